The van der Waals surface area contributed by atoms with Crippen molar-refractivity contribution in [2.24, 2.45) is 0 Å². The van der Waals surface area contributed by atoms with Gasteiger partial charge in [0, 0.05) is 6.20 Å². The average molecular weight is 253 g/mol. The second-order valence-corrected chi connectivity index (χ2v) is 3.70. The lowest BCUT2D eigenvalue weighted by atomic mass is 10.2. The molecule has 0 aliphatic carbocycles. The Morgan fingerprint density at radius 1 is 1.44 bits per heavy atom. The van der Waals surface area contributed by atoms with Crippen LogP contribution in [-0.2, 0) is 11.3 Å². The molecule has 7 heteroatoms. The van der Waals surface area contributed by atoms with E-state index in [1.807, 2.05) is 0 Å². The lowest BCUT2D eigenvalue weighted by Crippen LogP contribution is -2.51. The monoisotopic (exact) mass is 253 g/mol. The summed E-state index contributed by atoms with van der Waals surface area (Å²) in [5.74, 6) is -1.29. The molecule has 0 aliphatic heterocycles. The minimum atomic E-state index is -1.34. The van der Waals surface area contributed by atoms with Crippen molar-refractivity contribution in [3.05, 3.63) is 30.1 Å². The first-order valence-electron chi connectivity index (χ1n) is 5.36. The molecule has 2 unspecified atom stereocenters. The molecule has 4 N–H and O–H groups in total. The fourth-order valence-corrected chi connectivity index (χ4v) is 1.25. The summed E-state index contributed by atoms with van der Waals surface area (Å²) in [7, 11) is 0. The standard InChI is InChI=1S/C11H15N3O4/c1-7(15)9(10(16)17)14-11(18)13-6-8-4-2-3-5-12-8/h2-5,7,9,15H,6H2,1H3,(H,16,17)(H2,13,14,18). The van der Waals surface area contributed by atoms with Crippen LogP contribution in [-0.4, -0.2) is 39.3 Å². The van der Waals surface area contributed by atoms with Crippen LogP contribution in [0.2, 0.25) is 0 Å². The van der Waals surface area contributed by atoms with E-state index in [1.54, 1.807) is 24.4 Å². The molecule has 0 fully saturated rings. The number of nitrogens with zero attached hydrogens (tertiary/aromatic N) is 1. The Bertz CT molecular complexity index is 408. The molecule has 1 aromatic rings. The largest absolute Gasteiger partial charge is 0.480 e. The number of pyridine rings is 1. The van der Waals surface area contributed by atoms with Crippen LogP contribution in [0.25, 0.3) is 0 Å². The molecule has 18 heavy (non-hydrogen) atoms. The van der Waals surface area contributed by atoms with Gasteiger partial charge in [0.25, 0.3) is 0 Å². The second kappa shape index (κ2) is 6.55. The van der Waals surface area contributed by atoms with Crippen LogP contribution in [0.15, 0.2) is 24.4 Å². The highest BCUT2D eigenvalue weighted by Crippen LogP contribution is 1.94. The number of carboxylic acids is 1. The number of nitrogens with one attached hydrogen (secondary N) is 2. The van der Waals surface area contributed by atoms with Crippen LogP contribution in [0.1, 0.15) is 12.6 Å². The lowest BCUT2D eigenvalue weighted by molar-refractivity contribution is -0.141. The molecule has 0 aliphatic rings. The average Bonchev–Trinajstić information content (AvgIpc) is 2.34. The molecule has 0 bridgehead atoms. The molecule has 1 rings (SSSR count). The quantitative estimate of drug-likeness (QED) is 0.576. The van der Waals surface area contributed by atoms with Crippen molar-refractivity contribution in [2.75, 3.05) is 0 Å². The van der Waals surface area contributed by atoms with E-state index in [9.17, 15) is 14.7 Å². The number of hydrogen-bond acceptors (Lipinski definition) is 4. The van der Waals surface area contributed by atoms with Crippen molar-refractivity contribution < 1.29 is 19.8 Å². The first-order chi connectivity index (χ1) is 8.50. The van der Waals surface area contributed by atoms with Gasteiger partial charge < -0.3 is 20.8 Å². The van der Waals surface area contributed by atoms with Crippen LogP contribution >= 0.6 is 0 Å². The third-order valence-corrected chi connectivity index (χ3v) is 2.19. The molecule has 0 radical (unpaired) electrons. The van der Waals surface area contributed by atoms with Gasteiger partial charge in [-0.3, -0.25) is 4.98 Å². The summed E-state index contributed by atoms with van der Waals surface area (Å²) in [5.41, 5.74) is 0.650. The van der Waals surface area contributed by atoms with E-state index in [0.717, 1.165) is 0 Å². The summed E-state index contributed by atoms with van der Waals surface area (Å²) < 4.78 is 0. The summed E-state index contributed by atoms with van der Waals surface area (Å²) in [6.45, 7) is 1.47. The van der Waals surface area contributed by atoms with Gasteiger partial charge in [0.1, 0.15) is 0 Å². The van der Waals surface area contributed by atoms with E-state index < -0.39 is 24.1 Å². The minimum absolute atomic E-state index is 0.179. The Labute approximate surface area is 104 Å². The van der Waals surface area contributed by atoms with Crippen LogP contribution in [0.3, 0.4) is 0 Å². The predicted molar refractivity (Wildman–Crippen MR) is 62.7 cm³/mol. The summed E-state index contributed by atoms with van der Waals surface area (Å²) in [6.07, 6.45) is 0.410. The number of carbonyl (C=O) groups is 2. The summed E-state index contributed by atoms with van der Waals surface area (Å²) >= 11 is 0. The normalized spacial score (nSPS) is 13.4. The number of hydrogen-bond donors (Lipinski definition) is 4. The molecular formula is C11H15N3O4. The predicted octanol–water partition coefficient (Wildman–Crippen LogP) is -0.285. The van der Waals surface area contributed by atoms with Gasteiger partial charge in [0.05, 0.1) is 18.3 Å². The minimum Gasteiger partial charge on any atom is -0.480 e. The molecule has 0 saturated heterocycles. The van der Waals surface area contributed by atoms with Gasteiger partial charge in [-0.25, -0.2) is 9.59 Å². The van der Waals surface area contributed by atoms with Gasteiger partial charge in [-0.2, -0.15) is 0 Å². The van der Waals surface area contributed by atoms with E-state index in [-0.39, 0.29) is 6.54 Å². The van der Waals surface area contributed by atoms with Crippen LogP contribution in [0.4, 0.5) is 4.79 Å². The van der Waals surface area contributed by atoms with E-state index in [2.05, 4.69) is 15.6 Å². The maximum atomic E-state index is 11.4. The van der Waals surface area contributed by atoms with Gasteiger partial charge in [-0.05, 0) is 19.1 Å². The van der Waals surface area contributed by atoms with Gasteiger partial charge >= 0.3 is 12.0 Å². The maximum absolute atomic E-state index is 11.4. The first kappa shape index (κ1) is 13.9. The number of aromatic nitrogens is 1. The van der Waals surface area contributed by atoms with Gasteiger partial charge in [-0.15, -0.1) is 0 Å². The fourth-order valence-electron chi connectivity index (χ4n) is 1.25. The Morgan fingerprint density at radius 2 is 2.17 bits per heavy atom. The van der Waals surface area contributed by atoms with Crippen LogP contribution in [0, 0.1) is 0 Å². The topological polar surface area (TPSA) is 112 Å². The lowest BCUT2D eigenvalue weighted by Gasteiger charge is -2.17. The van der Waals surface area contributed by atoms with Crippen molar-refractivity contribution >= 4 is 12.0 Å². The SMILES string of the molecule is CC(O)C(NC(=O)NCc1ccccn1)C(=O)O. The summed E-state index contributed by atoms with van der Waals surface area (Å²) in [4.78, 5) is 26.1. The number of rotatable bonds is 5. The van der Waals surface area contributed by atoms with Crippen molar-refractivity contribution in [3.63, 3.8) is 0 Å². The van der Waals surface area contributed by atoms with E-state index in [0.29, 0.717) is 5.69 Å². The third-order valence-electron chi connectivity index (χ3n) is 2.19. The molecule has 2 amide bonds. The number of aliphatic hydroxyl groups is 1. The van der Waals surface area contributed by atoms with Crippen LogP contribution in [0.5, 0.6) is 0 Å². The van der Waals surface area contributed by atoms with Gasteiger partial charge in [0.15, 0.2) is 6.04 Å². The van der Waals surface area contributed by atoms with E-state index in [1.165, 1.54) is 6.92 Å². The van der Waals surface area contributed by atoms with Crippen molar-refractivity contribution in [2.45, 2.75) is 25.6 Å². The number of amides is 2. The fraction of sp³-hybridized carbons (Fsp3) is 0.364. The highest BCUT2D eigenvalue weighted by molar-refractivity contribution is 5.82. The second-order valence-electron chi connectivity index (χ2n) is 3.70. The molecule has 1 aromatic heterocycles. The molecular weight excluding hydrogens is 238 g/mol. The zero-order valence-electron chi connectivity index (χ0n) is 9.83. The number of aliphatic hydroxyl groups excluding tert-OH is 1. The smallest absolute Gasteiger partial charge is 0.328 e. The molecule has 0 saturated carbocycles. The zero-order valence-corrected chi connectivity index (χ0v) is 9.83. The highest BCUT2D eigenvalue weighted by Gasteiger charge is 2.24. The number of aliphatic carboxylic acids is 1. The molecule has 0 aromatic carbocycles. The van der Waals surface area contributed by atoms with Gasteiger partial charge in [0.2, 0.25) is 0 Å². The number of urea groups is 1. The number of carboxylic acid groups (broad SMARTS) is 1. The highest BCUT2D eigenvalue weighted by atomic mass is 16.4. The zero-order chi connectivity index (χ0) is 13.5. The van der Waals surface area contributed by atoms with Crippen molar-refractivity contribution in [3.8, 4) is 0 Å². The van der Waals surface area contributed by atoms with Crippen LogP contribution < -0.4 is 10.6 Å². The van der Waals surface area contributed by atoms with Crippen molar-refractivity contribution in [1.82, 2.24) is 15.6 Å². The Morgan fingerprint density at radius 3 is 2.67 bits per heavy atom. The first-order valence-corrected chi connectivity index (χ1v) is 5.36. The van der Waals surface area contributed by atoms with Gasteiger partial charge in [-0.1, -0.05) is 6.07 Å². The Hall–Kier alpha value is -2.15. The molecule has 1 heterocycles. The van der Waals surface area contributed by atoms with Crippen molar-refractivity contribution in [1.29, 1.82) is 0 Å². The molecule has 7 nitrogen and oxygen atoms in total. The Kier molecular flexibility index (Phi) is 5.06. The van der Waals surface area contributed by atoms with E-state index >= 15 is 0 Å². The summed E-state index contributed by atoms with van der Waals surface area (Å²) in [5, 5.41) is 22.6. The molecule has 2 atom stereocenters. The maximum Gasteiger partial charge on any atom is 0.328 e. The molecule has 98 valence electrons. The summed E-state index contributed by atoms with van der Waals surface area (Å²) in [6, 6.07) is 3.24. The molecule has 0 spiro atoms. The Balaban J connectivity index is 2.44. The third kappa shape index (κ3) is 4.38. The number of carbonyl (C=O) groups excluding carboxylic acids is 1. The van der Waals surface area contributed by atoms with E-state index in [4.69, 9.17) is 5.11 Å².